The quantitative estimate of drug-likeness (QED) is 0.552. The first kappa shape index (κ1) is 5.69. The molecule has 1 aliphatic carbocycles. The number of nitrogens with two attached hydrogens (primary N) is 1. The third kappa shape index (κ3) is 0.970. The van der Waals surface area contributed by atoms with E-state index < -0.39 is 0 Å². The van der Waals surface area contributed by atoms with Crippen molar-refractivity contribution in [2.24, 2.45) is 17.6 Å². The third-order valence-electron chi connectivity index (χ3n) is 2.46. The van der Waals surface area contributed by atoms with Crippen molar-refractivity contribution in [3.63, 3.8) is 0 Å². The van der Waals surface area contributed by atoms with Crippen LogP contribution in [-0.4, -0.2) is 19.3 Å². The van der Waals surface area contributed by atoms with Gasteiger partial charge in [-0.3, -0.25) is 0 Å². The van der Waals surface area contributed by atoms with Gasteiger partial charge in [0.1, 0.15) is 0 Å². The third-order valence-corrected chi connectivity index (χ3v) is 2.46. The molecule has 3 unspecified atom stereocenters. The van der Waals surface area contributed by atoms with Crippen LogP contribution in [0.1, 0.15) is 12.8 Å². The number of hydrogen-bond donors (Lipinski definition) is 1. The highest BCUT2D eigenvalue weighted by Crippen LogP contribution is 2.39. The molecule has 1 heterocycles. The van der Waals surface area contributed by atoms with Crippen molar-refractivity contribution in [2.45, 2.75) is 18.9 Å². The molecule has 1 saturated carbocycles. The second kappa shape index (κ2) is 1.96. The van der Waals surface area contributed by atoms with Gasteiger partial charge in [0, 0.05) is 19.3 Å². The van der Waals surface area contributed by atoms with Crippen LogP contribution in [0, 0.1) is 11.8 Å². The topological polar surface area (TPSA) is 35.2 Å². The van der Waals surface area contributed by atoms with Crippen molar-refractivity contribution in [3.05, 3.63) is 0 Å². The predicted molar refractivity (Wildman–Crippen MR) is 35.0 cm³/mol. The second-order valence-corrected chi connectivity index (χ2v) is 3.19. The normalized spacial score (nSPS) is 49.7. The molecule has 2 N–H and O–H groups in total. The first-order chi connectivity index (χ1) is 4.38. The zero-order valence-electron chi connectivity index (χ0n) is 5.55. The van der Waals surface area contributed by atoms with E-state index in [0.29, 0.717) is 6.04 Å². The molecule has 2 rings (SSSR count). The summed E-state index contributed by atoms with van der Waals surface area (Å²) in [5.41, 5.74) is 5.69. The zero-order chi connectivity index (χ0) is 6.27. The fourth-order valence-electron chi connectivity index (χ4n) is 1.67. The molecule has 2 heteroatoms. The van der Waals surface area contributed by atoms with Crippen molar-refractivity contribution in [1.29, 1.82) is 0 Å². The first-order valence-corrected chi connectivity index (χ1v) is 3.71. The maximum Gasteiger partial charge on any atom is 0.0498 e. The van der Waals surface area contributed by atoms with Crippen LogP contribution in [0.5, 0.6) is 0 Å². The van der Waals surface area contributed by atoms with Gasteiger partial charge in [-0.05, 0) is 24.7 Å². The number of hydrogen-bond acceptors (Lipinski definition) is 2. The van der Waals surface area contributed by atoms with E-state index in [2.05, 4.69) is 0 Å². The summed E-state index contributed by atoms with van der Waals surface area (Å²) >= 11 is 0. The molecule has 1 aliphatic heterocycles. The van der Waals surface area contributed by atoms with E-state index in [1.807, 2.05) is 0 Å². The van der Waals surface area contributed by atoms with Gasteiger partial charge in [-0.15, -0.1) is 0 Å². The van der Waals surface area contributed by atoms with Gasteiger partial charge >= 0.3 is 0 Å². The van der Waals surface area contributed by atoms with Gasteiger partial charge in [0.15, 0.2) is 0 Å². The summed E-state index contributed by atoms with van der Waals surface area (Å²) in [4.78, 5) is 0. The van der Waals surface area contributed by atoms with Crippen molar-refractivity contribution >= 4 is 0 Å². The lowest BCUT2D eigenvalue weighted by Gasteiger charge is -2.02. The van der Waals surface area contributed by atoms with E-state index in [1.165, 1.54) is 12.8 Å². The minimum absolute atomic E-state index is 0.511. The fraction of sp³-hybridized carbons (Fsp3) is 1.00. The van der Waals surface area contributed by atoms with Gasteiger partial charge < -0.3 is 10.5 Å². The monoisotopic (exact) mass is 127 g/mol. The van der Waals surface area contributed by atoms with Crippen LogP contribution in [0.3, 0.4) is 0 Å². The average molecular weight is 127 g/mol. The summed E-state index contributed by atoms with van der Waals surface area (Å²) in [5.74, 6) is 1.62. The van der Waals surface area contributed by atoms with Crippen LogP contribution in [0.25, 0.3) is 0 Å². The van der Waals surface area contributed by atoms with Crippen LogP contribution in [-0.2, 0) is 4.74 Å². The molecule has 2 fully saturated rings. The second-order valence-electron chi connectivity index (χ2n) is 3.19. The first-order valence-electron chi connectivity index (χ1n) is 3.71. The molecule has 1 saturated heterocycles. The summed E-state index contributed by atoms with van der Waals surface area (Å²) in [6.45, 7) is 1.94. The van der Waals surface area contributed by atoms with Crippen LogP contribution in [0.2, 0.25) is 0 Å². The van der Waals surface area contributed by atoms with E-state index in [9.17, 15) is 0 Å². The Kier molecular flexibility index (Phi) is 1.24. The molecule has 0 amide bonds. The summed E-state index contributed by atoms with van der Waals surface area (Å²) in [7, 11) is 0. The Morgan fingerprint density at radius 1 is 1.44 bits per heavy atom. The zero-order valence-corrected chi connectivity index (χ0v) is 5.55. The maximum atomic E-state index is 5.69. The van der Waals surface area contributed by atoms with Crippen LogP contribution in [0.4, 0.5) is 0 Å². The SMILES string of the molecule is NC1CC1C1CCOC1. The van der Waals surface area contributed by atoms with Crippen LogP contribution >= 0.6 is 0 Å². The molecule has 0 spiro atoms. The molecule has 2 nitrogen and oxygen atoms in total. The lowest BCUT2D eigenvalue weighted by atomic mass is 10.0. The summed E-state index contributed by atoms with van der Waals surface area (Å²) in [5, 5.41) is 0. The van der Waals surface area contributed by atoms with Crippen molar-refractivity contribution in [2.75, 3.05) is 13.2 Å². The molecular weight excluding hydrogens is 114 g/mol. The summed E-state index contributed by atoms with van der Waals surface area (Å²) in [6, 6.07) is 0.511. The Balaban J connectivity index is 1.85. The fourth-order valence-corrected chi connectivity index (χ4v) is 1.67. The predicted octanol–water partition coefficient (Wildman–Crippen LogP) is 0.370. The Morgan fingerprint density at radius 3 is 2.67 bits per heavy atom. The Morgan fingerprint density at radius 2 is 2.22 bits per heavy atom. The van der Waals surface area contributed by atoms with E-state index in [4.69, 9.17) is 10.5 Å². The highest BCUT2D eigenvalue weighted by atomic mass is 16.5. The largest absolute Gasteiger partial charge is 0.381 e. The molecule has 0 aromatic heterocycles. The van der Waals surface area contributed by atoms with Gasteiger partial charge in [0.05, 0.1) is 0 Å². The molecular formula is C7H13NO. The number of ether oxygens (including phenoxy) is 1. The molecule has 3 atom stereocenters. The minimum atomic E-state index is 0.511. The molecule has 0 aromatic carbocycles. The molecule has 0 bridgehead atoms. The van der Waals surface area contributed by atoms with Crippen LogP contribution < -0.4 is 5.73 Å². The lowest BCUT2D eigenvalue weighted by molar-refractivity contribution is 0.181. The molecule has 0 aromatic rings. The summed E-state index contributed by atoms with van der Waals surface area (Å²) in [6.07, 6.45) is 2.49. The molecule has 2 aliphatic rings. The highest BCUT2D eigenvalue weighted by Gasteiger charge is 2.41. The van der Waals surface area contributed by atoms with E-state index in [-0.39, 0.29) is 0 Å². The average Bonchev–Trinajstić information content (AvgIpc) is 2.44. The molecule has 9 heavy (non-hydrogen) atoms. The Labute approximate surface area is 55.4 Å². The van der Waals surface area contributed by atoms with Gasteiger partial charge in [-0.25, -0.2) is 0 Å². The number of rotatable bonds is 1. The minimum Gasteiger partial charge on any atom is -0.381 e. The standard InChI is InChI=1S/C7H13NO/c8-7-3-6(7)5-1-2-9-4-5/h5-7H,1-4,8H2. The van der Waals surface area contributed by atoms with Gasteiger partial charge in [0.25, 0.3) is 0 Å². The van der Waals surface area contributed by atoms with E-state index >= 15 is 0 Å². The summed E-state index contributed by atoms with van der Waals surface area (Å²) < 4.78 is 5.25. The van der Waals surface area contributed by atoms with Crippen molar-refractivity contribution < 1.29 is 4.74 Å². The van der Waals surface area contributed by atoms with Gasteiger partial charge in [0.2, 0.25) is 0 Å². The van der Waals surface area contributed by atoms with E-state index in [1.54, 1.807) is 0 Å². The van der Waals surface area contributed by atoms with Crippen molar-refractivity contribution in [1.82, 2.24) is 0 Å². The lowest BCUT2D eigenvalue weighted by Crippen LogP contribution is -2.10. The van der Waals surface area contributed by atoms with Gasteiger partial charge in [-0.2, -0.15) is 0 Å². The maximum absolute atomic E-state index is 5.69. The Bertz CT molecular complexity index is 109. The van der Waals surface area contributed by atoms with Crippen molar-refractivity contribution in [3.8, 4) is 0 Å². The van der Waals surface area contributed by atoms with Crippen LogP contribution in [0.15, 0.2) is 0 Å². The molecule has 0 radical (unpaired) electrons. The Hall–Kier alpha value is -0.0800. The smallest absolute Gasteiger partial charge is 0.0498 e. The highest BCUT2D eigenvalue weighted by molar-refractivity contribution is 4.95. The molecule has 52 valence electrons. The van der Waals surface area contributed by atoms with E-state index in [0.717, 1.165) is 25.0 Å². The van der Waals surface area contributed by atoms with Gasteiger partial charge in [-0.1, -0.05) is 0 Å².